The molecule has 4 rings (SSSR count). The molecule has 2 saturated heterocycles. The van der Waals surface area contributed by atoms with Crippen LogP contribution in [0.1, 0.15) is 29.9 Å². The largest absolute Gasteiger partial charge is 0.379 e. The van der Waals surface area contributed by atoms with Crippen molar-refractivity contribution in [1.82, 2.24) is 9.80 Å². The highest BCUT2D eigenvalue weighted by molar-refractivity contribution is 7.99. The molecule has 2 aliphatic heterocycles. The first-order chi connectivity index (χ1) is 12.7. The summed E-state index contributed by atoms with van der Waals surface area (Å²) >= 11 is 8.22. The zero-order chi connectivity index (χ0) is 17.9. The van der Waals surface area contributed by atoms with Gasteiger partial charge in [0.25, 0.3) is 0 Å². The molecular weight excluding hydrogens is 368 g/mol. The van der Waals surface area contributed by atoms with Crippen molar-refractivity contribution in [3.05, 3.63) is 34.3 Å². The van der Waals surface area contributed by atoms with Crippen molar-refractivity contribution in [3.8, 4) is 0 Å². The van der Waals surface area contributed by atoms with Gasteiger partial charge in [0.05, 0.1) is 25.2 Å². The van der Waals surface area contributed by atoms with Crippen LogP contribution in [-0.2, 0) is 16.0 Å². The summed E-state index contributed by atoms with van der Waals surface area (Å²) in [5.41, 5.74) is 2.47. The van der Waals surface area contributed by atoms with E-state index in [0.717, 1.165) is 80.7 Å². The third-order valence-electron chi connectivity index (χ3n) is 5.80. The number of aryl methyl sites for hydroxylation is 1. The number of amides is 1. The highest BCUT2D eigenvalue weighted by atomic mass is 35.5. The molecule has 6 heteroatoms. The molecule has 2 heterocycles. The topological polar surface area (TPSA) is 32.8 Å². The normalized spacial score (nSPS) is 27.2. The molecule has 2 atom stereocenters. The van der Waals surface area contributed by atoms with E-state index in [1.807, 2.05) is 23.9 Å². The smallest absolute Gasteiger partial charge is 0.230 e. The number of nitrogens with zero attached hydrogens (tertiary/aromatic N) is 2. The van der Waals surface area contributed by atoms with Crippen LogP contribution in [0.15, 0.2) is 18.2 Å². The summed E-state index contributed by atoms with van der Waals surface area (Å²) in [5.74, 6) is 2.37. The summed E-state index contributed by atoms with van der Waals surface area (Å²) in [5, 5.41) is 0.738. The molecule has 0 radical (unpaired) electrons. The van der Waals surface area contributed by atoms with E-state index in [1.165, 1.54) is 5.56 Å². The highest BCUT2D eigenvalue weighted by Crippen LogP contribution is 2.36. The Labute approximate surface area is 165 Å². The maximum atomic E-state index is 13.5. The van der Waals surface area contributed by atoms with Gasteiger partial charge < -0.3 is 9.64 Å². The lowest BCUT2D eigenvalue weighted by Crippen LogP contribution is -2.54. The van der Waals surface area contributed by atoms with Crippen LogP contribution in [0.3, 0.4) is 0 Å². The van der Waals surface area contributed by atoms with Gasteiger partial charge >= 0.3 is 0 Å². The molecule has 26 heavy (non-hydrogen) atoms. The Kier molecular flexibility index (Phi) is 6.09. The Morgan fingerprint density at radius 2 is 2.12 bits per heavy atom. The number of hydrogen-bond donors (Lipinski definition) is 0. The molecule has 1 aliphatic carbocycles. The van der Waals surface area contributed by atoms with Crippen LogP contribution < -0.4 is 0 Å². The first kappa shape index (κ1) is 18.6. The predicted octanol–water partition coefficient (Wildman–Crippen LogP) is 3.04. The monoisotopic (exact) mass is 394 g/mol. The van der Waals surface area contributed by atoms with E-state index in [4.69, 9.17) is 16.3 Å². The van der Waals surface area contributed by atoms with Crippen LogP contribution >= 0.6 is 23.4 Å². The number of carbonyl (C=O) groups is 1. The minimum absolute atomic E-state index is 0.0206. The lowest BCUT2D eigenvalue weighted by Gasteiger charge is -2.41. The molecule has 1 aromatic carbocycles. The van der Waals surface area contributed by atoms with Gasteiger partial charge in [-0.2, -0.15) is 11.8 Å². The average molecular weight is 395 g/mol. The van der Waals surface area contributed by atoms with Crippen molar-refractivity contribution in [3.63, 3.8) is 0 Å². The third kappa shape index (κ3) is 4.06. The fraction of sp³-hybridized carbons (Fsp3) is 0.650. The van der Waals surface area contributed by atoms with Gasteiger partial charge in [-0.05, 0) is 42.5 Å². The first-order valence-corrected chi connectivity index (χ1v) is 11.2. The Balaban J connectivity index is 1.51. The number of carbonyl (C=O) groups excluding carboxylic acids is 1. The van der Waals surface area contributed by atoms with Crippen molar-refractivity contribution in [1.29, 1.82) is 0 Å². The summed E-state index contributed by atoms with van der Waals surface area (Å²) in [6.07, 6.45) is 3.09. The Hall–Kier alpha value is -0.750. The fourth-order valence-corrected chi connectivity index (χ4v) is 5.64. The van der Waals surface area contributed by atoms with Gasteiger partial charge in [0.1, 0.15) is 0 Å². The number of benzene rings is 1. The van der Waals surface area contributed by atoms with E-state index in [1.54, 1.807) is 0 Å². The first-order valence-electron chi connectivity index (χ1n) is 9.69. The van der Waals surface area contributed by atoms with Gasteiger partial charge in [-0.3, -0.25) is 9.69 Å². The molecule has 2 unspecified atom stereocenters. The van der Waals surface area contributed by atoms with E-state index in [9.17, 15) is 4.79 Å². The minimum atomic E-state index is -0.0206. The van der Waals surface area contributed by atoms with Crippen molar-refractivity contribution in [2.45, 2.75) is 31.2 Å². The quantitative estimate of drug-likeness (QED) is 0.788. The SMILES string of the molecule is O=C(C1CCCc2ccc(Cl)cc21)N1CCSCC1CN1CCOCC1. The fourth-order valence-electron chi connectivity index (χ4n) is 4.40. The number of halogens is 1. The van der Waals surface area contributed by atoms with Crippen LogP contribution in [0, 0.1) is 0 Å². The van der Waals surface area contributed by atoms with Gasteiger partial charge in [0.15, 0.2) is 0 Å². The number of thioether (sulfide) groups is 1. The Morgan fingerprint density at radius 3 is 2.96 bits per heavy atom. The number of hydrogen-bond acceptors (Lipinski definition) is 4. The molecule has 1 amide bonds. The van der Waals surface area contributed by atoms with Crippen LogP contribution in [0.4, 0.5) is 0 Å². The van der Waals surface area contributed by atoms with Gasteiger partial charge in [-0.25, -0.2) is 0 Å². The second-order valence-corrected chi connectivity index (χ2v) is 9.05. The number of rotatable bonds is 3. The highest BCUT2D eigenvalue weighted by Gasteiger charge is 2.35. The number of morpholine rings is 1. The summed E-state index contributed by atoms with van der Waals surface area (Å²) in [4.78, 5) is 18.1. The zero-order valence-electron chi connectivity index (χ0n) is 15.2. The Morgan fingerprint density at radius 1 is 1.27 bits per heavy atom. The molecule has 0 spiro atoms. The van der Waals surface area contributed by atoms with Crippen molar-refractivity contribution < 1.29 is 9.53 Å². The van der Waals surface area contributed by atoms with E-state index in [0.29, 0.717) is 11.9 Å². The van der Waals surface area contributed by atoms with Gasteiger partial charge in [-0.1, -0.05) is 17.7 Å². The average Bonchev–Trinajstić information content (AvgIpc) is 2.68. The van der Waals surface area contributed by atoms with Crippen molar-refractivity contribution in [2.75, 3.05) is 50.9 Å². The molecule has 4 nitrogen and oxygen atoms in total. The Bertz CT molecular complexity index is 651. The van der Waals surface area contributed by atoms with E-state index in [-0.39, 0.29) is 5.92 Å². The molecular formula is C20H27ClN2O2S. The molecule has 1 aromatic rings. The molecule has 0 aromatic heterocycles. The summed E-state index contributed by atoms with van der Waals surface area (Å²) < 4.78 is 5.47. The van der Waals surface area contributed by atoms with Gasteiger partial charge in [0, 0.05) is 42.7 Å². The van der Waals surface area contributed by atoms with E-state index >= 15 is 0 Å². The lowest BCUT2D eigenvalue weighted by atomic mass is 9.82. The van der Waals surface area contributed by atoms with Crippen LogP contribution in [-0.4, -0.2) is 72.6 Å². The summed E-state index contributed by atoms with van der Waals surface area (Å²) in [7, 11) is 0. The van der Waals surface area contributed by atoms with E-state index in [2.05, 4.69) is 15.9 Å². The van der Waals surface area contributed by atoms with Gasteiger partial charge in [-0.15, -0.1) is 0 Å². The summed E-state index contributed by atoms with van der Waals surface area (Å²) in [6, 6.07) is 6.39. The molecule has 2 fully saturated rings. The maximum absolute atomic E-state index is 13.5. The molecule has 0 bridgehead atoms. The molecule has 142 valence electrons. The zero-order valence-corrected chi connectivity index (χ0v) is 16.7. The second-order valence-electron chi connectivity index (χ2n) is 7.46. The van der Waals surface area contributed by atoms with Crippen LogP contribution in [0.25, 0.3) is 0 Å². The third-order valence-corrected chi connectivity index (χ3v) is 7.13. The maximum Gasteiger partial charge on any atom is 0.230 e. The molecule has 3 aliphatic rings. The van der Waals surface area contributed by atoms with Gasteiger partial charge in [0.2, 0.25) is 5.91 Å². The summed E-state index contributed by atoms with van der Waals surface area (Å²) in [6.45, 7) is 5.41. The minimum Gasteiger partial charge on any atom is -0.379 e. The van der Waals surface area contributed by atoms with Crippen LogP contribution in [0.2, 0.25) is 5.02 Å². The standard InChI is InChI=1S/C20H27ClN2O2S/c21-16-5-4-15-2-1-3-18(19(15)12-16)20(24)23-8-11-26-14-17(23)13-22-6-9-25-10-7-22/h4-5,12,17-18H,1-3,6-11,13-14H2. The number of ether oxygens (including phenoxy) is 1. The van der Waals surface area contributed by atoms with Crippen molar-refractivity contribution in [2.24, 2.45) is 0 Å². The lowest BCUT2D eigenvalue weighted by molar-refractivity contribution is -0.135. The van der Waals surface area contributed by atoms with Crippen LogP contribution in [0.5, 0.6) is 0 Å². The molecule has 0 saturated carbocycles. The number of fused-ring (bicyclic) bond motifs is 1. The van der Waals surface area contributed by atoms with Crippen molar-refractivity contribution >= 4 is 29.3 Å². The molecule has 0 N–H and O–H groups in total. The predicted molar refractivity (Wildman–Crippen MR) is 107 cm³/mol. The second kappa shape index (κ2) is 8.51. The van der Waals surface area contributed by atoms with E-state index < -0.39 is 0 Å².